The zero-order chi connectivity index (χ0) is 12.0. The average Bonchev–Trinajstić information content (AvgIpc) is 2.75. The van der Waals surface area contributed by atoms with Crippen molar-refractivity contribution in [2.45, 2.75) is 12.3 Å². The number of carbonyl (C=O) groups is 2. The van der Waals surface area contributed by atoms with E-state index in [4.69, 9.17) is 0 Å². The Bertz CT molecular complexity index is 490. The van der Waals surface area contributed by atoms with Crippen molar-refractivity contribution in [3.63, 3.8) is 0 Å². The van der Waals surface area contributed by atoms with Gasteiger partial charge in [-0.05, 0) is 46.9 Å². The van der Waals surface area contributed by atoms with E-state index in [1.807, 2.05) is 24.3 Å². The topological polar surface area (TPSA) is 73.5 Å². The van der Waals surface area contributed by atoms with Crippen LogP contribution in [0.2, 0.25) is 0 Å². The highest BCUT2D eigenvalue weighted by Crippen LogP contribution is 2.24. The van der Waals surface area contributed by atoms with Gasteiger partial charge in [0, 0.05) is 9.26 Å². The summed E-state index contributed by atoms with van der Waals surface area (Å²) in [5.41, 5.74) is 0.763. The van der Waals surface area contributed by atoms with Gasteiger partial charge >= 0.3 is 12.1 Å². The molecule has 2 aliphatic rings. The first kappa shape index (κ1) is 10.6. The van der Waals surface area contributed by atoms with E-state index >= 15 is 0 Å². The fourth-order valence-electron chi connectivity index (χ4n) is 2.02. The molecule has 0 spiro atoms. The quantitative estimate of drug-likeness (QED) is 0.659. The Labute approximate surface area is 111 Å². The molecule has 2 fully saturated rings. The maximum atomic E-state index is 11.8. The van der Waals surface area contributed by atoms with E-state index in [9.17, 15) is 9.59 Å². The number of rotatable bonds is 1. The first-order valence-corrected chi connectivity index (χ1v) is 6.15. The van der Waals surface area contributed by atoms with Gasteiger partial charge < -0.3 is 16.0 Å². The second kappa shape index (κ2) is 3.76. The van der Waals surface area contributed by atoms with Crippen LogP contribution in [0.4, 0.5) is 15.3 Å². The molecule has 2 aliphatic heterocycles. The van der Waals surface area contributed by atoms with Gasteiger partial charge in [-0.3, -0.25) is 4.90 Å². The number of fused-ring (bicyclic) bond motifs is 1. The lowest BCUT2D eigenvalue weighted by Crippen LogP contribution is -2.43. The number of hydrogen-bond acceptors (Lipinski definition) is 2. The molecule has 2 heterocycles. The SMILES string of the molecule is O=C1NC2NC(=O)N(c3ccc(I)cc3)C2N1. The average molecular weight is 344 g/mol. The lowest BCUT2D eigenvalue weighted by Gasteiger charge is -2.21. The molecule has 0 radical (unpaired) electrons. The van der Waals surface area contributed by atoms with Crippen LogP contribution in [0.15, 0.2) is 24.3 Å². The van der Waals surface area contributed by atoms with Crippen LogP contribution in [0.5, 0.6) is 0 Å². The third-order valence-electron chi connectivity index (χ3n) is 2.76. The summed E-state index contributed by atoms with van der Waals surface area (Å²) in [5, 5.41) is 8.03. The van der Waals surface area contributed by atoms with Crippen LogP contribution in [0, 0.1) is 3.57 Å². The van der Waals surface area contributed by atoms with Crippen molar-refractivity contribution in [3.8, 4) is 0 Å². The second-order valence-corrected chi connectivity index (χ2v) is 5.08. The van der Waals surface area contributed by atoms with Gasteiger partial charge in [-0.25, -0.2) is 9.59 Å². The Hall–Kier alpha value is -1.51. The fraction of sp³-hybridized carbons (Fsp3) is 0.200. The number of hydrogen-bond donors (Lipinski definition) is 3. The molecule has 3 rings (SSSR count). The maximum absolute atomic E-state index is 11.8. The van der Waals surface area contributed by atoms with Gasteiger partial charge in [-0.2, -0.15) is 0 Å². The number of anilines is 1. The van der Waals surface area contributed by atoms with Crippen molar-refractivity contribution >= 4 is 40.3 Å². The molecule has 0 aromatic heterocycles. The Morgan fingerprint density at radius 3 is 2.47 bits per heavy atom. The monoisotopic (exact) mass is 344 g/mol. The highest BCUT2D eigenvalue weighted by Gasteiger charge is 2.46. The first-order chi connectivity index (χ1) is 8.15. The van der Waals surface area contributed by atoms with Crippen molar-refractivity contribution in [2.75, 3.05) is 4.90 Å². The van der Waals surface area contributed by atoms with E-state index in [0.717, 1.165) is 9.26 Å². The number of nitrogens with one attached hydrogen (secondary N) is 3. The van der Waals surface area contributed by atoms with Crippen molar-refractivity contribution in [2.24, 2.45) is 0 Å². The third-order valence-corrected chi connectivity index (χ3v) is 3.48. The van der Waals surface area contributed by atoms with Gasteiger partial charge in [-0.15, -0.1) is 0 Å². The zero-order valence-corrected chi connectivity index (χ0v) is 10.8. The lowest BCUT2D eigenvalue weighted by atomic mass is 10.3. The summed E-state index contributed by atoms with van der Waals surface area (Å²) >= 11 is 2.20. The maximum Gasteiger partial charge on any atom is 0.325 e. The lowest BCUT2D eigenvalue weighted by molar-refractivity contribution is 0.242. The largest absolute Gasteiger partial charge is 0.325 e. The van der Waals surface area contributed by atoms with Crippen molar-refractivity contribution in [1.29, 1.82) is 0 Å². The molecule has 88 valence electrons. The van der Waals surface area contributed by atoms with E-state index in [1.54, 1.807) is 4.90 Å². The highest BCUT2D eigenvalue weighted by molar-refractivity contribution is 14.1. The number of amides is 4. The van der Waals surface area contributed by atoms with Crippen LogP contribution in [-0.2, 0) is 0 Å². The summed E-state index contributed by atoms with van der Waals surface area (Å²) in [6, 6.07) is 7.06. The van der Waals surface area contributed by atoms with E-state index in [0.29, 0.717) is 0 Å². The molecule has 1 aromatic rings. The van der Waals surface area contributed by atoms with Gasteiger partial charge in [0.1, 0.15) is 6.17 Å². The molecule has 1 aromatic carbocycles. The fourth-order valence-corrected chi connectivity index (χ4v) is 2.38. The summed E-state index contributed by atoms with van der Waals surface area (Å²) < 4.78 is 1.09. The van der Waals surface area contributed by atoms with Crippen molar-refractivity contribution in [3.05, 3.63) is 27.8 Å². The smallest absolute Gasteiger partial charge is 0.314 e. The standard InChI is InChI=1S/C10H9IN4O2/c11-5-1-3-6(4-2-5)15-8-7(13-10(15)17)12-9(16)14-8/h1-4,7-8H,(H,13,17)(H2,12,14,16). The molecule has 0 saturated carbocycles. The van der Waals surface area contributed by atoms with E-state index < -0.39 is 0 Å². The van der Waals surface area contributed by atoms with E-state index in [-0.39, 0.29) is 24.4 Å². The minimum absolute atomic E-state index is 0.214. The molecule has 4 amide bonds. The normalized spacial score (nSPS) is 26.3. The summed E-state index contributed by atoms with van der Waals surface area (Å²) in [4.78, 5) is 24.5. The molecule has 2 atom stereocenters. The number of nitrogens with zero attached hydrogens (tertiary/aromatic N) is 1. The molecule has 7 heteroatoms. The Kier molecular flexibility index (Phi) is 2.35. The summed E-state index contributed by atoms with van der Waals surface area (Å²) in [7, 11) is 0. The number of halogens is 1. The molecule has 6 nitrogen and oxygen atoms in total. The van der Waals surface area contributed by atoms with Crippen molar-refractivity contribution < 1.29 is 9.59 Å². The predicted octanol–water partition coefficient (Wildman–Crippen LogP) is 0.786. The van der Waals surface area contributed by atoms with Gasteiger partial charge in [0.15, 0.2) is 6.17 Å². The third kappa shape index (κ3) is 1.70. The van der Waals surface area contributed by atoms with Gasteiger partial charge in [-0.1, -0.05) is 0 Å². The molecule has 2 unspecified atom stereocenters. The molecule has 2 saturated heterocycles. The Balaban J connectivity index is 1.94. The van der Waals surface area contributed by atoms with E-state index in [1.165, 1.54) is 0 Å². The van der Waals surface area contributed by atoms with Gasteiger partial charge in [0.2, 0.25) is 0 Å². The predicted molar refractivity (Wildman–Crippen MR) is 69.4 cm³/mol. The zero-order valence-electron chi connectivity index (χ0n) is 8.61. The number of carbonyl (C=O) groups excluding carboxylic acids is 2. The van der Waals surface area contributed by atoms with Crippen LogP contribution in [0.25, 0.3) is 0 Å². The van der Waals surface area contributed by atoms with Gasteiger partial charge in [0.05, 0.1) is 0 Å². The molecule has 3 N–H and O–H groups in total. The van der Waals surface area contributed by atoms with Crippen LogP contribution < -0.4 is 20.9 Å². The molecular formula is C10H9IN4O2. The molecule has 0 aliphatic carbocycles. The minimum Gasteiger partial charge on any atom is -0.314 e. The van der Waals surface area contributed by atoms with Gasteiger partial charge in [0.25, 0.3) is 0 Å². The van der Waals surface area contributed by atoms with Crippen LogP contribution in [0.1, 0.15) is 0 Å². The Morgan fingerprint density at radius 2 is 1.76 bits per heavy atom. The summed E-state index contributed by atoms with van der Waals surface area (Å²) in [5.74, 6) is 0. The highest BCUT2D eigenvalue weighted by atomic mass is 127. The number of urea groups is 2. The summed E-state index contributed by atoms with van der Waals surface area (Å²) in [6.45, 7) is 0. The number of benzene rings is 1. The Morgan fingerprint density at radius 1 is 1.06 bits per heavy atom. The summed E-state index contributed by atoms with van der Waals surface area (Å²) in [6.07, 6.45) is -0.732. The van der Waals surface area contributed by atoms with Crippen LogP contribution in [0.3, 0.4) is 0 Å². The molecule has 0 bridgehead atoms. The van der Waals surface area contributed by atoms with Crippen LogP contribution in [-0.4, -0.2) is 24.4 Å². The minimum atomic E-state index is -0.366. The van der Waals surface area contributed by atoms with E-state index in [2.05, 4.69) is 38.5 Å². The first-order valence-electron chi connectivity index (χ1n) is 5.07. The molecule has 17 heavy (non-hydrogen) atoms. The van der Waals surface area contributed by atoms with Crippen molar-refractivity contribution in [1.82, 2.24) is 16.0 Å². The van der Waals surface area contributed by atoms with Crippen LogP contribution >= 0.6 is 22.6 Å². The molecular weight excluding hydrogens is 335 g/mol. The second-order valence-electron chi connectivity index (χ2n) is 3.84.